The van der Waals surface area contributed by atoms with Crippen molar-refractivity contribution in [3.63, 3.8) is 0 Å². The number of aryl methyl sites for hydroxylation is 1. The molecular weight excluding hydrogens is 388 g/mol. The Morgan fingerprint density at radius 2 is 2.10 bits per heavy atom. The predicted molar refractivity (Wildman–Crippen MR) is 113 cm³/mol. The van der Waals surface area contributed by atoms with E-state index in [2.05, 4.69) is 20.4 Å². The van der Waals surface area contributed by atoms with Crippen molar-refractivity contribution in [2.75, 3.05) is 18.4 Å². The van der Waals surface area contributed by atoms with E-state index in [9.17, 15) is 4.79 Å². The molecule has 7 heteroatoms. The molecule has 1 aliphatic heterocycles. The number of hydrogen-bond donors (Lipinski definition) is 1. The van der Waals surface area contributed by atoms with Crippen LogP contribution in [0.4, 0.5) is 5.69 Å². The fraction of sp³-hybridized carbons (Fsp3) is 0.318. The van der Waals surface area contributed by atoms with Crippen molar-refractivity contribution in [1.82, 2.24) is 15.0 Å². The molecule has 1 amide bonds. The van der Waals surface area contributed by atoms with Crippen LogP contribution in [0.25, 0.3) is 11.4 Å². The summed E-state index contributed by atoms with van der Waals surface area (Å²) in [4.78, 5) is 19.4. The summed E-state index contributed by atoms with van der Waals surface area (Å²) in [5, 5.41) is 7.67. The Morgan fingerprint density at radius 3 is 2.90 bits per heavy atom. The summed E-state index contributed by atoms with van der Waals surface area (Å²) >= 11 is 6.00. The maximum atomic E-state index is 12.7. The van der Waals surface area contributed by atoms with Gasteiger partial charge in [0.25, 0.3) is 0 Å². The number of amides is 1. The van der Waals surface area contributed by atoms with Gasteiger partial charge in [0.05, 0.1) is 12.5 Å². The third-order valence-corrected chi connectivity index (χ3v) is 5.34. The minimum Gasteiger partial charge on any atom is -0.338 e. The molecule has 1 fully saturated rings. The van der Waals surface area contributed by atoms with Crippen molar-refractivity contribution in [3.05, 3.63) is 65.0 Å². The van der Waals surface area contributed by atoms with Crippen molar-refractivity contribution < 1.29 is 9.32 Å². The van der Waals surface area contributed by atoms with E-state index in [1.165, 1.54) is 5.56 Å². The molecule has 0 radical (unpaired) electrons. The monoisotopic (exact) mass is 410 g/mol. The second-order valence-corrected chi connectivity index (χ2v) is 7.89. The van der Waals surface area contributed by atoms with Crippen LogP contribution in [0.1, 0.15) is 24.3 Å². The van der Waals surface area contributed by atoms with Gasteiger partial charge in [0.2, 0.25) is 17.6 Å². The highest BCUT2D eigenvalue weighted by molar-refractivity contribution is 6.30. The van der Waals surface area contributed by atoms with Crippen LogP contribution in [0.5, 0.6) is 0 Å². The van der Waals surface area contributed by atoms with Gasteiger partial charge in [-0.1, -0.05) is 52.7 Å². The van der Waals surface area contributed by atoms with E-state index in [4.69, 9.17) is 16.1 Å². The van der Waals surface area contributed by atoms with Crippen LogP contribution in [0.2, 0.25) is 5.02 Å². The first kappa shape index (κ1) is 19.6. The summed E-state index contributed by atoms with van der Waals surface area (Å²) in [5.41, 5.74) is 2.84. The molecule has 2 aromatic carbocycles. The van der Waals surface area contributed by atoms with E-state index >= 15 is 0 Å². The topological polar surface area (TPSA) is 71.3 Å². The Bertz CT molecular complexity index is 986. The molecule has 1 atom stereocenters. The molecule has 6 nitrogen and oxygen atoms in total. The summed E-state index contributed by atoms with van der Waals surface area (Å²) < 4.78 is 5.44. The average molecular weight is 411 g/mol. The lowest BCUT2D eigenvalue weighted by atomic mass is 9.97. The fourth-order valence-corrected chi connectivity index (χ4v) is 3.74. The molecule has 1 aliphatic rings. The van der Waals surface area contributed by atoms with Crippen molar-refractivity contribution in [1.29, 1.82) is 0 Å². The lowest BCUT2D eigenvalue weighted by Gasteiger charge is -2.30. The maximum Gasteiger partial charge on any atom is 0.241 e. The van der Waals surface area contributed by atoms with Crippen LogP contribution in [-0.2, 0) is 11.3 Å². The summed E-state index contributed by atoms with van der Waals surface area (Å²) in [6.07, 6.45) is 1.81. The fourth-order valence-electron chi connectivity index (χ4n) is 3.55. The number of anilines is 1. The highest BCUT2D eigenvalue weighted by Gasteiger charge is 2.27. The molecule has 150 valence electrons. The van der Waals surface area contributed by atoms with Crippen LogP contribution in [0.15, 0.2) is 53.1 Å². The van der Waals surface area contributed by atoms with Gasteiger partial charge in [-0.25, -0.2) is 0 Å². The Kier molecular flexibility index (Phi) is 5.92. The quantitative estimate of drug-likeness (QED) is 0.668. The van der Waals surface area contributed by atoms with Gasteiger partial charge in [0.15, 0.2) is 0 Å². The molecule has 1 aromatic heterocycles. The van der Waals surface area contributed by atoms with Crippen LogP contribution in [0.3, 0.4) is 0 Å². The number of piperidine rings is 1. The zero-order valence-corrected chi connectivity index (χ0v) is 17.0. The van der Waals surface area contributed by atoms with E-state index in [0.29, 0.717) is 29.8 Å². The molecular formula is C22H23ClN4O2. The van der Waals surface area contributed by atoms with E-state index in [1.807, 2.05) is 43.3 Å². The van der Waals surface area contributed by atoms with Gasteiger partial charge in [-0.2, -0.15) is 4.98 Å². The van der Waals surface area contributed by atoms with E-state index in [0.717, 1.165) is 30.6 Å². The Morgan fingerprint density at radius 1 is 1.28 bits per heavy atom. The number of halogens is 1. The SMILES string of the molecule is Cc1ccc(-c2noc(CN3CCCC(C(=O)Nc4cccc(Cl)c4)C3)n2)cc1. The molecule has 0 aliphatic carbocycles. The molecule has 1 N–H and O–H groups in total. The van der Waals surface area contributed by atoms with Gasteiger partial charge >= 0.3 is 0 Å². The van der Waals surface area contributed by atoms with Crippen LogP contribution < -0.4 is 5.32 Å². The summed E-state index contributed by atoms with van der Waals surface area (Å²) in [6.45, 7) is 4.15. The first-order valence-electron chi connectivity index (χ1n) is 9.75. The summed E-state index contributed by atoms with van der Waals surface area (Å²) in [7, 11) is 0. The number of benzene rings is 2. The maximum absolute atomic E-state index is 12.7. The van der Waals surface area contributed by atoms with E-state index in [-0.39, 0.29) is 11.8 Å². The number of rotatable bonds is 5. The molecule has 3 aromatic rings. The number of hydrogen-bond acceptors (Lipinski definition) is 5. The highest BCUT2D eigenvalue weighted by Crippen LogP contribution is 2.22. The Balaban J connectivity index is 1.36. The smallest absolute Gasteiger partial charge is 0.241 e. The van der Waals surface area contributed by atoms with Crippen molar-refractivity contribution in [2.45, 2.75) is 26.3 Å². The number of nitrogens with zero attached hydrogens (tertiary/aromatic N) is 3. The third-order valence-electron chi connectivity index (χ3n) is 5.11. The molecule has 2 heterocycles. The molecule has 1 unspecified atom stereocenters. The normalized spacial score (nSPS) is 17.2. The number of carbonyl (C=O) groups excluding carboxylic acids is 1. The zero-order chi connectivity index (χ0) is 20.2. The van der Waals surface area contributed by atoms with Gasteiger partial charge in [0, 0.05) is 22.8 Å². The Hall–Kier alpha value is -2.70. The summed E-state index contributed by atoms with van der Waals surface area (Å²) in [6, 6.07) is 15.2. The first-order chi connectivity index (χ1) is 14.1. The van der Waals surface area contributed by atoms with E-state index < -0.39 is 0 Å². The van der Waals surface area contributed by atoms with Crippen LogP contribution >= 0.6 is 11.6 Å². The molecule has 1 saturated heterocycles. The minimum absolute atomic E-state index is 0.0165. The van der Waals surface area contributed by atoms with Gasteiger partial charge in [-0.3, -0.25) is 9.69 Å². The van der Waals surface area contributed by atoms with Gasteiger partial charge < -0.3 is 9.84 Å². The lowest BCUT2D eigenvalue weighted by Crippen LogP contribution is -2.40. The average Bonchev–Trinajstić information content (AvgIpc) is 3.17. The van der Waals surface area contributed by atoms with E-state index in [1.54, 1.807) is 12.1 Å². The highest BCUT2D eigenvalue weighted by atomic mass is 35.5. The molecule has 29 heavy (non-hydrogen) atoms. The lowest BCUT2D eigenvalue weighted by molar-refractivity contribution is -0.121. The minimum atomic E-state index is -0.0813. The molecule has 0 bridgehead atoms. The van der Waals surface area contributed by atoms with Crippen LogP contribution in [-0.4, -0.2) is 34.0 Å². The molecule has 0 spiro atoms. The van der Waals surface area contributed by atoms with Crippen LogP contribution in [0, 0.1) is 12.8 Å². The largest absolute Gasteiger partial charge is 0.338 e. The standard InChI is InChI=1S/C22H23ClN4O2/c1-15-7-9-16(10-8-15)21-25-20(29-26-21)14-27-11-3-4-17(13-27)22(28)24-19-6-2-5-18(23)12-19/h2,5-10,12,17H,3-4,11,13-14H2,1H3,(H,24,28). The first-order valence-corrected chi connectivity index (χ1v) is 10.1. The number of carbonyl (C=O) groups is 1. The number of nitrogens with one attached hydrogen (secondary N) is 1. The van der Waals surface area contributed by atoms with Gasteiger partial charge in [0.1, 0.15) is 0 Å². The van der Waals surface area contributed by atoms with Crippen molar-refractivity contribution in [3.8, 4) is 11.4 Å². The van der Waals surface area contributed by atoms with Gasteiger partial charge in [-0.05, 0) is 44.5 Å². The third kappa shape index (κ3) is 5.02. The summed E-state index contributed by atoms with van der Waals surface area (Å²) in [5.74, 6) is 1.09. The number of aromatic nitrogens is 2. The van der Waals surface area contributed by atoms with Gasteiger partial charge in [-0.15, -0.1) is 0 Å². The molecule has 4 rings (SSSR count). The second kappa shape index (κ2) is 8.76. The number of likely N-dealkylation sites (tertiary alicyclic amines) is 1. The molecule has 0 saturated carbocycles. The Labute approximate surface area is 174 Å². The van der Waals surface area contributed by atoms with Crippen molar-refractivity contribution in [2.24, 2.45) is 5.92 Å². The zero-order valence-electron chi connectivity index (χ0n) is 16.3. The van der Waals surface area contributed by atoms with Crippen molar-refractivity contribution >= 4 is 23.2 Å². The second-order valence-electron chi connectivity index (χ2n) is 7.45. The predicted octanol–water partition coefficient (Wildman–Crippen LogP) is 4.55.